The molecule has 4 saturated carbocycles. The van der Waals surface area contributed by atoms with Crippen LogP contribution in [0.5, 0.6) is 0 Å². The van der Waals surface area contributed by atoms with Gasteiger partial charge in [0.25, 0.3) is 0 Å². The van der Waals surface area contributed by atoms with Crippen molar-refractivity contribution in [2.75, 3.05) is 0 Å². The van der Waals surface area contributed by atoms with E-state index in [2.05, 4.69) is 6.58 Å². The average molecular weight is 364 g/mol. The number of ketones is 1. The van der Waals surface area contributed by atoms with Crippen molar-refractivity contribution in [3.05, 3.63) is 12.2 Å². The summed E-state index contributed by atoms with van der Waals surface area (Å²) in [5, 5.41) is 44.0. The van der Waals surface area contributed by atoms with Crippen molar-refractivity contribution in [1.29, 1.82) is 0 Å². The highest BCUT2D eigenvalue weighted by atomic mass is 16.3. The summed E-state index contributed by atoms with van der Waals surface area (Å²) < 4.78 is 0. The van der Waals surface area contributed by atoms with Crippen molar-refractivity contribution in [2.24, 2.45) is 34.0 Å². The van der Waals surface area contributed by atoms with E-state index in [4.69, 9.17) is 0 Å². The number of carbonyl (C=O) groups excluding carboxylic acids is 2. The van der Waals surface area contributed by atoms with Crippen molar-refractivity contribution < 1.29 is 30.0 Å². The summed E-state index contributed by atoms with van der Waals surface area (Å²) >= 11 is 0. The molecule has 0 radical (unpaired) electrons. The molecule has 0 amide bonds. The van der Waals surface area contributed by atoms with Crippen LogP contribution >= 0.6 is 0 Å². The van der Waals surface area contributed by atoms with Gasteiger partial charge < -0.3 is 25.2 Å². The number of carbonyl (C=O) groups is 2. The van der Waals surface area contributed by atoms with Gasteiger partial charge in [0.1, 0.15) is 6.29 Å². The Morgan fingerprint density at radius 3 is 2.38 bits per heavy atom. The molecule has 1 spiro atoms. The molecule has 0 aromatic carbocycles. The van der Waals surface area contributed by atoms with Gasteiger partial charge in [-0.2, -0.15) is 0 Å². The van der Waals surface area contributed by atoms with E-state index in [-0.39, 0.29) is 29.7 Å². The van der Waals surface area contributed by atoms with Gasteiger partial charge in [0, 0.05) is 11.8 Å². The third kappa shape index (κ3) is 1.72. The van der Waals surface area contributed by atoms with Crippen molar-refractivity contribution in [3.63, 3.8) is 0 Å². The van der Waals surface area contributed by atoms with Gasteiger partial charge in [0.05, 0.1) is 35.2 Å². The Balaban J connectivity index is 2.00. The molecular formula is C20H28O6. The van der Waals surface area contributed by atoms with Crippen LogP contribution in [0.25, 0.3) is 0 Å². The van der Waals surface area contributed by atoms with Crippen molar-refractivity contribution in [1.82, 2.24) is 0 Å². The fourth-order valence-electron chi connectivity index (χ4n) is 7.16. The van der Waals surface area contributed by atoms with E-state index in [0.717, 1.165) is 0 Å². The number of hydrogen-bond donors (Lipinski definition) is 4. The molecular weight excluding hydrogens is 336 g/mol. The van der Waals surface area contributed by atoms with Crippen LogP contribution in [0.2, 0.25) is 0 Å². The first kappa shape index (κ1) is 18.3. The van der Waals surface area contributed by atoms with Gasteiger partial charge in [0.2, 0.25) is 0 Å². The zero-order chi connectivity index (χ0) is 19.2. The van der Waals surface area contributed by atoms with E-state index in [9.17, 15) is 30.0 Å². The molecule has 0 saturated heterocycles. The number of Topliss-reactive ketones (excluding diaryl/α,β-unsaturated/α-hetero) is 1. The van der Waals surface area contributed by atoms with Crippen LogP contribution in [0.15, 0.2) is 12.2 Å². The topological polar surface area (TPSA) is 115 Å². The second-order valence-corrected chi connectivity index (χ2v) is 9.58. The number of aldehydes is 1. The fraction of sp³-hybridized carbons (Fsp3) is 0.800. The Kier molecular flexibility index (Phi) is 3.69. The van der Waals surface area contributed by atoms with Crippen LogP contribution in [0.4, 0.5) is 0 Å². The van der Waals surface area contributed by atoms with Crippen LogP contribution in [0, 0.1) is 34.0 Å². The molecule has 2 bridgehead atoms. The molecule has 4 aliphatic rings. The Hall–Kier alpha value is -1.08. The summed E-state index contributed by atoms with van der Waals surface area (Å²) in [4.78, 5) is 25.7. The molecule has 26 heavy (non-hydrogen) atoms. The zero-order valence-electron chi connectivity index (χ0n) is 15.3. The van der Waals surface area contributed by atoms with E-state index in [0.29, 0.717) is 19.1 Å². The lowest BCUT2D eigenvalue weighted by atomic mass is 9.38. The first-order valence-corrected chi connectivity index (χ1v) is 9.49. The minimum atomic E-state index is -1.66. The highest BCUT2D eigenvalue weighted by Gasteiger charge is 2.78. The molecule has 6 nitrogen and oxygen atoms in total. The standard InChI is InChI=1S/C20H28O6/c1-9-10-6-11(22)15-19(8-21)12(18(2,3)5-4-13(19)23)7-14(24)20(15,16(9)25)17(10)26/h8,10-15,17,22-24,26H,1,4-7H2,2-3H3. The average Bonchev–Trinajstić information content (AvgIpc) is 2.70. The van der Waals surface area contributed by atoms with Gasteiger partial charge in [-0.05, 0) is 42.6 Å². The van der Waals surface area contributed by atoms with Gasteiger partial charge in [-0.25, -0.2) is 0 Å². The molecule has 6 heteroatoms. The minimum absolute atomic E-state index is 0.111. The molecule has 4 aliphatic carbocycles. The van der Waals surface area contributed by atoms with Crippen molar-refractivity contribution >= 4 is 12.1 Å². The summed E-state index contributed by atoms with van der Waals surface area (Å²) in [6, 6.07) is 0. The molecule has 9 unspecified atom stereocenters. The maximum Gasteiger partial charge on any atom is 0.170 e. The van der Waals surface area contributed by atoms with Crippen LogP contribution in [0.3, 0.4) is 0 Å². The van der Waals surface area contributed by atoms with Gasteiger partial charge in [-0.3, -0.25) is 4.79 Å². The Morgan fingerprint density at radius 1 is 1.12 bits per heavy atom. The monoisotopic (exact) mass is 364 g/mol. The molecule has 4 fully saturated rings. The summed E-state index contributed by atoms with van der Waals surface area (Å²) in [5.74, 6) is -2.48. The molecule has 4 N–H and O–H groups in total. The number of fused-ring (bicyclic) bond motifs is 3. The number of hydrogen-bond acceptors (Lipinski definition) is 6. The van der Waals surface area contributed by atoms with Crippen LogP contribution in [0.1, 0.15) is 39.5 Å². The van der Waals surface area contributed by atoms with E-state index in [1.807, 2.05) is 13.8 Å². The third-order valence-electron chi connectivity index (χ3n) is 8.34. The second kappa shape index (κ2) is 5.25. The van der Waals surface area contributed by atoms with Gasteiger partial charge in [0.15, 0.2) is 5.78 Å². The molecule has 9 atom stereocenters. The van der Waals surface area contributed by atoms with Crippen molar-refractivity contribution in [2.45, 2.75) is 63.9 Å². The highest BCUT2D eigenvalue weighted by molar-refractivity contribution is 6.05. The molecule has 0 aliphatic heterocycles. The maximum absolute atomic E-state index is 13.2. The number of rotatable bonds is 1. The molecule has 0 aromatic heterocycles. The van der Waals surface area contributed by atoms with E-state index >= 15 is 0 Å². The summed E-state index contributed by atoms with van der Waals surface area (Å²) in [6.45, 7) is 7.79. The minimum Gasteiger partial charge on any atom is -0.393 e. The van der Waals surface area contributed by atoms with Crippen LogP contribution in [-0.2, 0) is 9.59 Å². The van der Waals surface area contributed by atoms with Gasteiger partial charge in [-0.15, -0.1) is 0 Å². The maximum atomic E-state index is 13.2. The van der Waals surface area contributed by atoms with Crippen LogP contribution in [-0.4, -0.2) is 56.9 Å². The molecule has 0 aromatic rings. The number of aliphatic hydroxyl groups excluding tert-OH is 4. The quantitative estimate of drug-likeness (QED) is 0.391. The third-order valence-corrected chi connectivity index (χ3v) is 8.34. The highest BCUT2D eigenvalue weighted by Crippen LogP contribution is 2.70. The van der Waals surface area contributed by atoms with Crippen LogP contribution < -0.4 is 0 Å². The number of aliphatic hydroxyl groups is 4. The normalized spacial score (nSPS) is 55.2. The largest absolute Gasteiger partial charge is 0.393 e. The summed E-state index contributed by atoms with van der Waals surface area (Å²) in [5.41, 5.74) is -3.16. The first-order valence-electron chi connectivity index (χ1n) is 9.49. The second-order valence-electron chi connectivity index (χ2n) is 9.58. The fourth-order valence-corrected chi connectivity index (χ4v) is 7.16. The Bertz CT molecular complexity index is 686. The van der Waals surface area contributed by atoms with Gasteiger partial charge in [-0.1, -0.05) is 20.4 Å². The summed E-state index contributed by atoms with van der Waals surface area (Å²) in [6.07, 6.45) is -2.46. The van der Waals surface area contributed by atoms with E-state index in [1.165, 1.54) is 0 Å². The first-order chi connectivity index (χ1) is 12.1. The van der Waals surface area contributed by atoms with Crippen molar-refractivity contribution in [3.8, 4) is 0 Å². The van der Waals surface area contributed by atoms with E-state index < -0.39 is 52.9 Å². The molecule has 0 heterocycles. The Morgan fingerprint density at radius 2 is 1.77 bits per heavy atom. The Labute approximate surface area is 152 Å². The smallest absolute Gasteiger partial charge is 0.170 e. The zero-order valence-corrected chi connectivity index (χ0v) is 15.3. The molecule has 4 rings (SSSR count). The lowest BCUT2D eigenvalue weighted by molar-refractivity contribution is -0.266. The SMILES string of the molecule is C=C1C(=O)C23C(O)CC4C(C)(C)CCC(O)C4(C=O)C2C(O)CC1C3O. The lowest BCUT2D eigenvalue weighted by Gasteiger charge is -2.66. The van der Waals surface area contributed by atoms with Gasteiger partial charge >= 0.3 is 0 Å². The lowest BCUT2D eigenvalue weighted by Crippen LogP contribution is -2.74. The summed E-state index contributed by atoms with van der Waals surface area (Å²) in [7, 11) is 0. The predicted octanol–water partition coefficient (Wildman–Crippen LogP) is 0.217. The molecule has 144 valence electrons. The van der Waals surface area contributed by atoms with E-state index in [1.54, 1.807) is 0 Å². The predicted molar refractivity (Wildman–Crippen MR) is 91.8 cm³/mol.